The number of benzene rings is 1. The molecule has 0 spiro atoms. The lowest BCUT2D eigenvalue weighted by Crippen LogP contribution is -2.36. The smallest absolute Gasteiger partial charge is 0.266 e. The van der Waals surface area contributed by atoms with E-state index in [-0.39, 0.29) is 18.1 Å². The van der Waals surface area contributed by atoms with E-state index in [0.29, 0.717) is 5.56 Å². The maximum absolute atomic E-state index is 12.0. The maximum Gasteiger partial charge on any atom is 0.266 e. The van der Waals surface area contributed by atoms with Gasteiger partial charge in [-0.3, -0.25) is 20.2 Å². The quantitative estimate of drug-likeness (QED) is 0.353. The zero-order chi connectivity index (χ0) is 12.8. The molecule has 0 aromatic heterocycles. The zero-order valence-corrected chi connectivity index (χ0v) is 9.92. The first kappa shape index (κ1) is 13.3. The second kappa shape index (κ2) is 6.10. The van der Waals surface area contributed by atoms with Crippen molar-refractivity contribution in [2.45, 2.75) is 19.5 Å². The van der Waals surface area contributed by atoms with Crippen LogP contribution >= 0.6 is 0 Å². The van der Waals surface area contributed by atoms with E-state index in [1.807, 2.05) is 6.07 Å². The van der Waals surface area contributed by atoms with Crippen LogP contribution in [0.15, 0.2) is 30.3 Å². The number of nitro groups is 1. The fourth-order valence-corrected chi connectivity index (χ4v) is 1.64. The molecule has 2 unspecified atom stereocenters. The second-order valence-electron chi connectivity index (χ2n) is 3.96. The van der Waals surface area contributed by atoms with Gasteiger partial charge in [0.1, 0.15) is 0 Å². The van der Waals surface area contributed by atoms with Crippen molar-refractivity contribution in [2.24, 2.45) is 5.92 Å². The second-order valence-corrected chi connectivity index (χ2v) is 3.96. The van der Waals surface area contributed by atoms with Crippen molar-refractivity contribution in [3.63, 3.8) is 0 Å². The summed E-state index contributed by atoms with van der Waals surface area (Å²) < 4.78 is 0. The van der Waals surface area contributed by atoms with E-state index >= 15 is 0 Å². The molecule has 0 aliphatic carbocycles. The third-order valence-corrected chi connectivity index (χ3v) is 2.67. The van der Waals surface area contributed by atoms with Gasteiger partial charge in [-0.25, -0.2) is 0 Å². The van der Waals surface area contributed by atoms with E-state index in [4.69, 9.17) is 0 Å². The highest BCUT2D eigenvalue weighted by Gasteiger charge is 2.25. The van der Waals surface area contributed by atoms with E-state index in [2.05, 4.69) is 5.32 Å². The van der Waals surface area contributed by atoms with Crippen molar-refractivity contribution in [3.05, 3.63) is 46.0 Å². The third-order valence-electron chi connectivity index (χ3n) is 2.67. The lowest BCUT2D eigenvalue weighted by molar-refractivity contribution is -0.530. The van der Waals surface area contributed by atoms with Crippen LogP contribution in [0.2, 0.25) is 0 Å². The first-order valence-electron chi connectivity index (χ1n) is 5.46. The van der Waals surface area contributed by atoms with Gasteiger partial charge in [-0.05, 0) is 7.05 Å². The Hall–Kier alpha value is -1.75. The zero-order valence-electron chi connectivity index (χ0n) is 9.92. The Balaban J connectivity index is 2.68. The number of nitrogens with zero attached hydrogens (tertiary/aromatic N) is 1. The largest absolute Gasteiger partial charge is 0.294 e. The maximum atomic E-state index is 12.0. The number of hydrogen-bond donors (Lipinski definition) is 1. The molecule has 0 bridgehead atoms. The van der Waals surface area contributed by atoms with Crippen LogP contribution in [0.1, 0.15) is 23.7 Å². The van der Waals surface area contributed by atoms with Crippen molar-refractivity contribution in [2.75, 3.05) is 7.05 Å². The van der Waals surface area contributed by atoms with Gasteiger partial charge in [0.15, 0.2) is 5.78 Å². The molecule has 5 heteroatoms. The number of Topliss-reactive ketones (excluding diaryl/α,β-unsaturated/α-hetero) is 1. The molecule has 2 atom stereocenters. The fourth-order valence-electron chi connectivity index (χ4n) is 1.64. The standard InChI is InChI=1S/C12H16N2O3/c1-9(8-11(13-2)14(16)17)12(15)10-6-4-3-5-7-10/h3-7,9,11,13H,8H2,1-2H3. The number of hydrogen-bond acceptors (Lipinski definition) is 4. The predicted molar refractivity (Wildman–Crippen MR) is 64.4 cm³/mol. The highest BCUT2D eigenvalue weighted by atomic mass is 16.6. The molecule has 1 aromatic carbocycles. The Kier molecular flexibility index (Phi) is 4.78. The molecule has 92 valence electrons. The van der Waals surface area contributed by atoms with Crippen LogP contribution in [0.4, 0.5) is 0 Å². The van der Waals surface area contributed by atoms with Gasteiger partial charge >= 0.3 is 0 Å². The summed E-state index contributed by atoms with van der Waals surface area (Å²) in [6, 6.07) is 8.83. The van der Waals surface area contributed by atoms with E-state index in [9.17, 15) is 14.9 Å². The van der Waals surface area contributed by atoms with Crippen LogP contribution in [-0.4, -0.2) is 23.9 Å². The van der Waals surface area contributed by atoms with Crippen LogP contribution < -0.4 is 5.32 Å². The Labute approximate surface area is 100.0 Å². The Morgan fingerprint density at radius 1 is 1.41 bits per heavy atom. The van der Waals surface area contributed by atoms with E-state index in [0.717, 1.165) is 0 Å². The Morgan fingerprint density at radius 2 is 2.00 bits per heavy atom. The minimum Gasteiger partial charge on any atom is -0.294 e. The fraction of sp³-hybridized carbons (Fsp3) is 0.417. The van der Waals surface area contributed by atoms with Gasteiger partial charge in [-0.15, -0.1) is 0 Å². The van der Waals surface area contributed by atoms with E-state index < -0.39 is 11.1 Å². The molecule has 17 heavy (non-hydrogen) atoms. The molecule has 1 N–H and O–H groups in total. The van der Waals surface area contributed by atoms with Crippen molar-refractivity contribution in [1.29, 1.82) is 0 Å². The van der Waals surface area contributed by atoms with Crippen LogP contribution in [0.5, 0.6) is 0 Å². The normalized spacial score (nSPS) is 14.0. The highest BCUT2D eigenvalue weighted by Crippen LogP contribution is 2.14. The Morgan fingerprint density at radius 3 is 2.47 bits per heavy atom. The molecule has 1 aromatic rings. The summed E-state index contributed by atoms with van der Waals surface area (Å²) in [4.78, 5) is 22.2. The summed E-state index contributed by atoms with van der Waals surface area (Å²) in [6.45, 7) is 1.71. The van der Waals surface area contributed by atoms with Gasteiger partial charge in [0, 0.05) is 22.8 Å². The molecule has 0 saturated heterocycles. The summed E-state index contributed by atoms with van der Waals surface area (Å²) in [5, 5.41) is 13.2. The molecule has 0 aliphatic heterocycles. The summed E-state index contributed by atoms with van der Waals surface area (Å²) in [7, 11) is 1.52. The number of ketones is 1. The lowest BCUT2D eigenvalue weighted by atomic mass is 9.95. The van der Waals surface area contributed by atoms with Crippen molar-refractivity contribution in [3.8, 4) is 0 Å². The van der Waals surface area contributed by atoms with Crippen LogP contribution in [0.3, 0.4) is 0 Å². The van der Waals surface area contributed by atoms with Gasteiger partial charge in [0.2, 0.25) is 0 Å². The van der Waals surface area contributed by atoms with E-state index in [1.54, 1.807) is 31.2 Å². The summed E-state index contributed by atoms with van der Waals surface area (Å²) in [5.41, 5.74) is 0.596. The monoisotopic (exact) mass is 236 g/mol. The first-order valence-corrected chi connectivity index (χ1v) is 5.46. The Bertz CT molecular complexity index is 392. The summed E-state index contributed by atoms with van der Waals surface area (Å²) in [5.74, 6) is -0.437. The molecule has 5 nitrogen and oxygen atoms in total. The highest BCUT2D eigenvalue weighted by molar-refractivity contribution is 5.97. The van der Waals surface area contributed by atoms with Gasteiger partial charge in [0.05, 0.1) is 0 Å². The number of carbonyl (C=O) groups excluding carboxylic acids is 1. The molecule has 0 fully saturated rings. The summed E-state index contributed by atoms with van der Waals surface area (Å²) in [6.07, 6.45) is -0.685. The SMILES string of the molecule is CNC(CC(C)C(=O)c1ccccc1)[N+](=O)[O-]. The third kappa shape index (κ3) is 3.64. The minimum absolute atomic E-state index is 0.0623. The molecule has 0 radical (unpaired) electrons. The van der Waals surface area contributed by atoms with Crippen molar-refractivity contribution < 1.29 is 9.72 Å². The molecular weight excluding hydrogens is 220 g/mol. The van der Waals surface area contributed by atoms with Gasteiger partial charge < -0.3 is 0 Å². The molecule has 1 rings (SSSR count). The van der Waals surface area contributed by atoms with Crippen LogP contribution in [0.25, 0.3) is 0 Å². The molecule has 0 saturated carbocycles. The van der Waals surface area contributed by atoms with E-state index in [1.165, 1.54) is 7.05 Å². The first-order chi connectivity index (χ1) is 8.06. The van der Waals surface area contributed by atoms with Gasteiger partial charge in [-0.1, -0.05) is 37.3 Å². The molecule has 0 aliphatic rings. The van der Waals surface area contributed by atoms with Crippen molar-refractivity contribution >= 4 is 5.78 Å². The summed E-state index contributed by atoms with van der Waals surface area (Å²) >= 11 is 0. The topological polar surface area (TPSA) is 72.2 Å². The van der Waals surface area contributed by atoms with Crippen LogP contribution in [-0.2, 0) is 0 Å². The minimum atomic E-state index is -0.877. The average molecular weight is 236 g/mol. The number of carbonyl (C=O) groups is 1. The number of rotatable bonds is 6. The molecule has 0 heterocycles. The molecule has 0 amide bonds. The van der Waals surface area contributed by atoms with Crippen LogP contribution in [0, 0.1) is 16.0 Å². The van der Waals surface area contributed by atoms with Gasteiger partial charge in [0.25, 0.3) is 6.17 Å². The number of nitrogens with one attached hydrogen (secondary N) is 1. The predicted octanol–water partition coefficient (Wildman–Crippen LogP) is 1.72. The molecular formula is C12H16N2O3. The van der Waals surface area contributed by atoms with Crippen molar-refractivity contribution in [1.82, 2.24) is 5.32 Å². The average Bonchev–Trinajstić information content (AvgIpc) is 2.35. The lowest BCUT2D eigenvalue weighted by Gasteiger charge is -2.13. The van der Waals surface area contributed by atoms with Gasteiger partial charge in [-0.2, -0.15) is 0 Å².